The maximum atomic E-state index is 12.4. The van der Waals surface area contributed by atoms with Crippen molar-refractivity contribution >= 4 is 5.91 Å². The molecule has 4 heteroatoms. The number of carbonyl (C=O) groups excluding carboxylic acids is 1. The molecule has 2 saturated heterocycles. The fourth-order valence-electron chi connectivity index (χ4n) is 3.21. The maximum Gasteiger partial charge on any atom is 0.223 e. The Morgan fingerprint density at radius 3 is 2.68 bits per heavy atom. The van der Waals surface area contributed by atoms with Crippen LogP contribution in [0, 0.1) is 5.92 Å². The molecule has 110 valence electrons. The van der Waals surface area contributed by atoms with Gasteiger partial charge in [0.2, 0.25) is 5.91 Å². The molecule has 0 spiro atoms. The van der Waals surface area contributed by atoms with Crippen molar-refractivity contribution in [2.45, 2.75) is 64.0 Å². The van der Waals surface area contributed by atoms with E-state index in [0.717, 1.165) is 51.9 Å². The van der Waals surface area contributed by atoms with Crippen molar-refractivity contribution in [2.75, 3.05) is 19.8 Å². The molecule has 2 aliphatic rings. The topological polar surface area (TPSA) is 49.8 Å². The monoisotopic (exact) mass is 269 g/mol. The molecule has 2 aliphatic heterocycles. The third-order valence-corrected chi connectivity index (χ3v) is 4.78. The predicted octanol–water partition coefficient (Wildman–Crippen LogP) is 1.96. The highest BCUT2D eigenvalue weighted by Gasteiger charge is 2.39. The Morgan fingerprint density at radius 1 is 1.32 bits per heavy atom. The summed E-state index contributed by atoms with van der Waals surface area (Å²) in [6, 6.07) is 0. The highest BCUT2D eigenvalue weighted by Crippen LogP contribution is 2.29. The van der Waals surface area contributed by atoms with E-state index in [1.807, 2.05) is 18.7 Å². The molecule has 0 aromatic rings. The third kappa shape index (κ3) is 3.48. The number of ether oxygens (including phenoxy) is 1. The largest absolute Gasteiger partial charge is 0.391 e. The van der Waals surface area contributed by atoms with Crippen LogP contribution in [-0.2, 0) is 9.53 Å². The zero-order valence-corrected chi connectivity index (χ0v) is 12.2. The molecule has 0 bridgehead atoms. The summed E-state index contributed by atoms with van der Waals surface area (Å²) in [5.74, 6) is 0.839. The Balaban J connectivity index is 1.84. The highest BCUT2D eigenvalue weighted by molar-refractivity contribution is 5.77. The van der Waals surface area contributed by atoms with Gasteiger partial charge in [-0.1, -0.05) is 0 Å². The molecule has 2 fully saturated rings. The first-order chi connectivity index (χ1) is 9.01. The van der Waals surface area contributed by atoms with E-state index in [0.29, 0.717) is 12.3 Å². The average molecular weight is 269 g/mol. The van der Waals surface area contributed by atoms with Gasteiger partial charge in [-0.05, 0) is 51.9 Å². The molecule has 0 saturated carbocycles. The van der Waals surface area contributed by atoms with Gasteiger partial charge in [-0.2, -0.15) is 0 Å². The zero-order valence-electron chi connectivity index (χ0n) is 12.2. The second-order valence-corrected chi connectivity index (χ2v) is 6.45. The molecule has 4 nitrogen and oxygen atoms in total. The van der Waals surface area contributed by atoms with Gasteiger partial charge in [0.05, 0.1) is 11.6 Å². The molecule has 0 aliphatic carbocycles. The molecule has 1 amide bonds. The van der Waals surface area contributed by atoms with Gasteiger partial charge in [0.25, 0.3) is 0 Å². The lowest BCUT2D eigenvalue weighted by molar-refractivity contribution is -0.146. The van der Waals surface area contributed by atoms with Crippen LogP contribution < -0.4 is 0 Å². The Hall–Kier alpha value is -0.610. The Kier molecular flexibility index (Phi) is 4.85. The normalized spacial score (nSPS) is 28.4. The van der Waals surface area contributed by atoms with Crippen molar-refractivity contribution in [1.82, 2.24) is 4.90 Å². The van der Waals surface area contributed by atoms with Crippen molar-refractivity contribution < 1.29 is 14.6 Å². The Bertz CT molecular complexity index is 311. The molecule has 1 atom stereocenters. The van der Waals surface area contributed by atoms with Crippen molar-refractivity contribution in [3.63, 3.8) is 0 Å². The van der Waals surface area contributed by atoms with Crippen LogP contribution >= 0.6 is 0 Å². The summed E-state index contributed by atoms with van der Waals surface area (Å²) in [6.07, 6.45) is 5.06. The van der Waals surface area contributed by atoms with Crippen LogP contribution in [0.3, 0.4) is 0 Å². The smallest absolute Gasteiger partial charge is 0.223 e. The van der Waals surface area contributed by atoms with E-state index in [-0.39, 0.29) is 5.91 Å². The van der Waals surface area contributed by atoms with Crippen LogP contribution in [0.4, 0.5) is 0 Å². The lowest BCUT2D eigenvalue weighted by Gasteiger charge is -2.46. The standard InChI is InChI=1S/C15H27NO3/c1-15(2)13(17)4-3-9-16(15)14(18)6-5-12-7-10-19-11-8-12/h12-13,17H,3-11H2,1-2H3. The SMILES string of the molecule is CC1(C)C(O)CCCN1C(=O)CCC1CCOCC1. The van der Waals surface area contributed by atoms with Crippen molar-refractivity contribution in [3.05, 3.63) is 0 Å². The van der Waals surface area contributed by atoms with Gasteiger partial charge < -0.3 is 14.7 Å². The van der Waals surface area contributed by atoms with Crippen LogP contribution in [0.2, 0.25) is 0 Å². The highest BCUT2D eigenvalue weighted by atomic mass is 16.5. The van der Waals surface area contributed by atoms with Crippen LogP contribution in [0.15, 0.2) is 0 Å². The second kappa shape index (κ2) is 6.23. The Morgan fingerprint density at radius 2 is 2.00 bits per heavy atom. The summed E-state index contributed by atoms with van der Waals surface area (Å²) in [4.78, 5) is 14.3. The summed E-state index contributed by atoms with van der Waals surface area (Å²) in [6.45, 7) is 6.42. The number of aliphatic hydroxyl groups excluding tert-OH is 1. The molecular weight excluding hydrogens is 242 g/mol. The molecule has 0 radical (unpaired) electrons. The summed E-state index contributed by atoms with van der Waals surface area (Å²) in [5, 5.41) is 10.1. The van der Waals surface area contributed by atoms with Gasteiger partial charge in [0, 0.05) is 26.2 Å². The van der Waals surface area contributed by atoms with Gasteiger partial charge in [-0.25, -0.2) is 0 Å². The first kappa shape index (κ1) is 14.8. The molecule has 2 heterocycles. The van der Waals surface area contributed by atoms with E-state index in [2.05, 4.69) is 0 Å². The molecular formula is C15H27NO3. The maximum absolute atomic E-state index is 12.4. The van der Waals surface area contributed by atoms with E-state index in [4.69, 9.17) is 4.74 Å². The fraction of sp³-hybridized carbons (Fsp3) is 0.933. The van der Waals surface area contributed by atoms with Crippen molar-refractivity contribution in [1.29, 1.82) is 0 Å². The first-order valence-electron chi connectivity index (χ1n) is 7.58. The average Bonchev–Trinajstić information content (AvgIpc) is 2.40. The summed E-state index contributed by atoms with van der Waals surface area (Å²) in [5.41, 5.74) is -0.412. The van der Waals surface area contributed by atoms with E-state index in [1.165, 1.54) is 0 Å². The van der Waals surface area contributed by atoms with E-state index >= 15 is 0 Å². The fourth-order valence-corrected chi connectivity index (χ4v) is 3.21. The van der Waals surface area contributed by atoms with E-state index in [9.17, 15) is 9.90 Å². The van der Waals surface area contributed by atoms with Gasteiger partial charge in [0.15, 0.2) is 0 Å². The third-order valence-electron chi connectivity index (χ3n) is 4.78. The number of hydrogen-bond acceptors (Lipinski definition) is 3. The molecule has 0 aromatic heterocycles. The van der Waals surface area contributed by atoms with Crippen molar-refractivity contribution in [3.8, 4) is 0 Å². The summed E-state index contributed by atoms with van der Waals surface area (Å²) >= 11 is 0. The van der Waals surface area contributed by atoms with Crippen LogP contribution in [0.5, 0.6) is 0 Å². The number of amides is 1. The van der Waals surface area contributed by atoms with Gasteiger partial charge in [-0.3, -0.25) is 4.79 Å². The first-order valence-corrected chi connectivity index (χ1v) is 7.58. The molecule has 19 heavy (non-hydrogen) atoms. The van der Waals surface area contributed by atoms with Crippen LogP contribution in [0.25, 0.3) is 0 Å². The number of rotatable bonds is 3. The predicted molar refractivity (Wildman–Crippen MR) is 73.8 cm³/mol. The number of piperidine rings is 1. The number of aliphatic hydroxyl groups is 1. The van der Waals surface area contributed by atoms with Crippen LogP contribution in [-0.4, -0.2) is 47.3 Å². The summed E-state index contributed by atoms with van der Waals surface area (Å²) < 4.78 is 5.34. The minimum atomic E-state index is -0.412. The molecule has 1 unspecified atom stereocenters. The van der Waals surface area contributed by atoms with Gasteiger partial charge >= 0.3 is 0 Å². The molecule has 2 rings (SSSR count). The van der Waals surface area contributed by atoms with Crippen LogP contribution in [0.1, 0.15) is 52.4 Å². The second-order valence-electron chi connectivity index (χ2n) is 6.45. The lowest BCUT2D eigenvalue weighted by Crippen LogP contribution is -2.58. The minimum absolute atomic E-state index is 0.204. The molecule has 0 aromatic carbocycles. The minimum Gasteiger partial charge on any atom is -0.391 e. The lowest BCUT2D eigenvalue weighted by atomic mass is 9.86. The van der Waals surface area contributed by atoms with E-state index in [1.54, 1.807) is 0 Å². The number of nitrogens with zero attached hydrogens (tertiary/aromatic N) is 1. The quantitative estimate of drug-likeness (QED) is 0.852. The number of carbonyl (C=O) groups is 1. The van der Waals surface area contributed by atoms with Crippen molar-refractivity contribution in [2.24, 2.45) is 5.92 Å². The Labute approximate surface area is 116 Å². The summed E-state index contributed by atoms with van der Waals surface area (Å²) in [7, 11) is 0. The van der Waals surface area contributed by atoms with Gasteiger partial charge in [0.1, 0.15) is 0 Å². The number of hydrogen-bond donors (Lipinski definition) is 1. The number of likely N-dealkylation sites (tertiary alicyclic amines) is 1. The molecule has 1 N–H and O–H groups in total. The van der Waals surface area contributed by atoms with Gasteiger partial charge in [-0.15, -0.1) is 0 Å². The van der Waals surface area contributed by atoms with E-state index < -0.39 is 11.6 Å². The zero-order chi connectivity index (χ0) is 13.9.